The summed E-state index contributed by atoms with van der Waals surface area (Å²) < 4.78 is 4.54. The normalized spacial score (nSPS) is 12.5. The SMILES string of the molecule is Cc1ccc(-c2c3c(c4ccccc4c2C)-n2cc(C)nc2C3)[n+](C)c1. The number of hydrogen-bond acceptors (Lipinski definition) is 1. The van der Waals surface area contributed by atoms with Gasteiger partial charge in [-0.3, -0.25) is 0 Å². The molecule has 0 radical (unpaired) electrons. The van der Waals surface area contributed by atoms with Crippen LogP contribution in [0.4, 0.5) is 0 Å². The predicted octanol–water partition coefficient (Wildman–Crippen LogP) is 4.35. The van der Waals surface area contributed by atoms with Crippen LogP contribution >= 0.6 is 0 Å². The van der Waals surface area contributed by atoms with Crippen molar-refractivity contribution >= 4 is 10.8 Å². The zero-order valence-electron chi connectivity index (χ0n) is 15.7. The maximum Gasteiger partial charge on any atom is 0.212 e. The first-order valence-electron chi connectivity index (χ1n) is 9.10. The number of aromatic nitrogens is 3. The number of imidazole rings is 1. The van der Waals surface area contributed by atoms with Gasteiger partial charge < -0.3 is 4.57 Å². The van der Waals surface area contributed by atoms with Crippen molar-refractivity contribution in [3.05, 3.63) is 77.0 Å². The van der Waals surface area contributed by atoms with Crippen molar-refractivity contribution in [2.75, 3.05) is 0 Å². The molecule has 0 bridgehead atoms. The summed E-state index contributed by atoms with van der Waals surface area (Å²) in [4.78, 5) is 4.77. The standard InChI is InChI=1S/C23H22N3/c1-14-9-10-20(25(4)12-14)22-16(3)17-7-5-6-8-18(17)23-19(22)11-21-24-15(2)13-26(21)23/h5-10,12-13H,11H2,1-4H3/q+1. The van der Waals surface area contributed by atoms with Crippen LogP contribution in [0.1, 0.15) is 28.2 Å². The summed E-state index contributed by atoms with van der Waals surface area (Å²) in [5.74, 6) is 1.14. The van der Waals surface area contributed by atoms with Crippen LogP contribution in [0.25, 0.3) is 27.7 Å². The van der Waals surface area contributed by atoms with Gasteiger partial charge in [-0.05, 0) is 43.4 Å². The minimum Gasteiger partial charge on any atom is -0.302 e. The molecule has 0 unspecified atom stereocenters. The number of rotatable bonds is 1. The number of fused-ring (bicyclic) bond motifs is 5. The Hall–Kier alpha value is -2.94. The lowest BCUT2D eigenvalue weighted by Crippen LogP contribution is -2.31. The van der Waals surface area contributed by atoms with Gasteiger partial charge in [0.25, 0.3) is 0 Å². The summed E-state index contributed by atoms with van der Waals surface area (Å²) in [6.45, 7) is 6.46. The van der Waals surface area contributed by atoms with Crippen LogP contribution in [0.15, 0.2) is 48.8 Å². The Labute approximate surface area is 153 Å². The molecule has 0 spiro atoms. The summed E-state index contributed by atoms with van der Waals surface area (Å²) in [6, 6.07) is 13.2. The number of aryl methyl sites for hydroxylation is 4. The Morgan fingerprint density at radius 3 is 2.54 bits per heavy atom. The molecular weight excluding hydrogens is 318 g/mol. The molecule has 3 nitrogen and oxygen atoms in total. The van der Waals surface area contributed by atoms with Crippen molar-refractivity contribution in [3.63, 3.8) is 0 Å². The lowest BCUT2D eigenvalue weighted by Gasteiger charge is -2.16. The Balaban J connectivity index is 1.94. The summed E-state index contributed by atoms with van der Waals surface area (Å²) in [6.07, 6.45) is 5.26. The van der Waals surface area contributed by atoms with Crippen LogP contribution in [-0.2, 0) is 13.5 Å². The Bertz CT molecular complexity index is 1200. The van der Waals surface area contributed by atoms with Crippen molar-refractivity contribution in [2.45, 2.75) is 27.2 Å². The molecule has 0 saturated heterocycles. The first-order valence-corrected chi connectivity index (χ1v) is 9.10. The molecule has 3 heteroatoms. The van der Waals surface area contributed by atoms with Crippen LogP contribution in [0.2, 0.25) is 0 Å². The molecule has 0 aliphatic carbocycles. The van der Waals surface area contributed by atoms with E-state index in [1.807, 2.05) is 0 Å². The second kappa shape index (κ2) is 5.28. The van der Waals surface area contributed by atoms with Crippen LogP contribution in [-0.4, -0.2) is 9.55 Å². The predicted molar refractivity (Wildman–Crippen MR) is 105 cm³/mol. The highest BCUT2D eigenvalue weighted by atomic mass is 15.1. The molecule has 128 valence electrons. The van der Waals surface area contributed by atoms with Gasteiger partial charge in [-0.1, -0.05) is 24.3 Å². The van der Waals surface area contributed by atoms with E-state index in [1.165, 1.54) is 44.4 Å². The van der Waals surface area contributed by atoms with Gasteiger partial charge >= 0.3 is 0 Å². The van der Waals surface area contributed by atoms with Crippen molar-refractivity contribution in [3.8, 4) is 16.9 Å². The minimum atomic E-state index is 0.887. The highest BCUT2D eigenvalue weighted by molar-refractivity contribution is 6.00. The van der Waals surface area contributed by atoms with Gasteiger partial charge in [-0.2, -0.15) is 0 Å². The van der Waals surface area contributed by atoms with Gasteiger partial charge in [0.15, 0.2) is 6.20 Å². The van der Waals surface area contributed by atoms with Crippen molar-refractivity contribution in [2.24, 2.45) is 7.05 Å². The number of nitrogens with zero attached hydrogens (tertiary/aromatic N) is 3. The van der Waals surface area contributed by atoms with E-state index in [1.54, 1.807) is 0 Å². The van der Waals surface area contributed by atoms with Crippen LogP contribution in [0.5, 0.6) is 0 Å². The highest BCUT2D eigenvalue weighted by Gasteiger charge is 2.30. The molecule has 0 saturated carbocycles. The van der Waals surface area contributed by atoms with Gasteiger partial charge in [0.05, 0.1) is 16.9 Å². The van der Waals surface area contributed by atoms with Crippen LogP contribution in [0.3, 0.4) is 0 Å². The third-order valence-corrected chi connectivity index (χ3v) is 5.56. The molecular formula is C23H22N3+. The molecule has 2 aromatic carbocycles. The molecule has 1 aliphatic rings. The van der Waals surface area contributed by atoms with Crippen molar-refractivity contribution < 1.29 is 4.57 Å². The molecule has 0 fully saturated rings. The van der Waals surface area contributed by atoms with Gasteiger partial charge in [0, 0.05) is 29.6 Å². The Morgan fingerprint density at radius 1 is 1.00 bits per heavy atom. The molecule has 2 aromatic heterocycles. The Morgan fingerprint density at radius 2 is 1.77 bits per heavy atom. The summed E-state index contributed by atoms with van der Waals surface area (Å²) in [7, 11) is 2.14. The maximum absolute atomic E-state index is 4.77. The summed E-state index contributed by atoms with van der Waals surface area (Å²) in [5.41, 5.74) is 9.01. The summed E-state index contributed by atoms with van der Waals surface area (Å²) >= 11 is 0. The van der Waals surface area contributed by atoms with E-state index >= 15 is 0 Å². The van der Waals surface area contributed by atoms with Crippen LogP contribution < -0.4 is 4.57 Å². The van der Waals surface area contributed by atoms with Gasteiger partial charge in [-0.25, -0.2) is 9.55 Å². The average molecular weight is 340 g/mol. The molecule has 0 amide bonds. The van der Waals surface area contributed by atoms with Gasteiger partial charge in [0.1, 0.15) is 12.9 Å². The topological polar surface area (TPSA) is 21.7 Å². The quantitative estimate of drug-likeness (QED) is 0.416. The zero-order chi connectivity index (χ0) is 18.0. The van der Waals surface area contributed by atoms with E-state index in [0.29, 0.717) is 0 Å². The number of benzene rings is 2. The van der Waals surface area contributed by atoms with Gasteiger partial charge in [0.2, 0.25) is 5.69 Å². The molecule has 4 aromatic rings. The first-order chi connectivity index (χ1) is 12.5. The molecule has 3 heterocycles. The second-order valence-corrected chi connectivity index (χ2v) is 7.42. The lowest BCUT2D eigenvalue weighted by atomic mass is 9.90. The molecule has 1 aliphatic heterocycles. The summed E-state index contributed by atoms with van der Waals surface area (Å²) in [5, 5.41) is 2.63. The fraction of sp³-hybridized carbons (Fsp3) is 0.217. The molecule has 0 atom stereocenters. The van der Waals surface area contributed by atoms with Gasteiger partial charge in [-0.15, -0.1) is 0 Å². The second-order valence-electron chi connectivity index (χ2n) is 7.42. The largest absolute Gasteiger partial charge is 0.302 e. The van der Waals surface area contributed by atoms with E-state index in [9.17, 15) is 0 Å². The van der Waals surface area contributed by atoms with E-state index in [4.69, 9.17) is 4.98 Å². The Kier molecular flexibility index (Phi) is 3.11. The number of pyridine rings is 1. The van der Waals surface area contributed by atoms with E-state index in [-0.39, 0.29) is 0 Å². The average Bonchev–Trinajstić information content (AvgIpc) is 3.12. The molecule has 0 N–H and O–H groups in total. The van der Waals surface area contributed by atoms with E-state index in [0.717, 1.165) is 17.9 Å². The monoisotopic (exact) mass is 340 g/mol. The van der Waals surface area contributed by atoms with E-state index in [2.05, 4.69) is 85.7 Å². The minimum absolute atomic E-state index is 0.887. The highest BCUT2D eigenvalue weighted by Crippen LogP contribution is 2.42. The smallest absolute Gasteiger partial charge is 0.212 e. The van der Waals surface area contributed by atoms with E-state index < -0.39 is 0 Å². The fourth-order valence-electron chi connectivity index (χ4n) is 4.48. The first kappa shape index (κ1) is 15.3. The fourth-order valence-corrected chi connectivity index (χ4v) is 4.48. The molecule has 26 heavy (non-hydrogen) atoms. The maximum atomic E-state index is 4.77. The molecule has 5 rings (SSSR count). The third-order valence-electron chi connectivity index (χ3n) is 5.56. The third kappa shape index (κ3) is 2.00. The van der Waals surface area contributed by atoms with Crippen molar-refractivity contribution in [1.29, 1.82) is 0 Å². The zero-order valence-corrected chi connectivity index (χ0v) is 15.7. The lowest BCUT2D eigenvalue weighted by molar-refractivity contribution is -0.660. The number of hydrogen-bond donors (Lipinski definition) is 0. The van der Waals surface area contributed by atoms with Crippen molar-refractivity contribution in [1.82, 2.24) is 9.55 Å². The van der Waals surface area contributed by atoms with Crippen LogP contribution in [0, 0.1) is 20.8 Å².